The lowest BCUT2D eigenvalue weighted by Gasteiger charge is -2.51. The molecule has 0 atom stereocenters. The Morgan fingerprint density at radius 2 is 1.82 bits per heavy atom. The molecule has 0 aromatic heterocycles. The van der Waals surface area contributed by atoms with Crippen LogP contribution in [-0.4, -0.2) is 92.1 Å². The molecule has 1 aromatic rings. The van der Waals surface area contributed by atoms with Gasteiger partial charge in [0.15, 0.2) is 0 Å². The zero-order valence-electron chi connectivity index (χ0n) is 20.0. The Hall–Kier alpha value is -2.65. The van der Waals surface area contributed by atoms with Gasteiger partial charge >= 0.3 is 6.03 Å². The van der Waals surface area contributed by atoms with Crippen LogP contribution in [0.25, 0.3) is 0 Å². The number of primary amides is 1. The minimum atomic E-state index is -0.609. The fourth-order valence-electron chi connectivity index (χ4n) is 5.42. The lowest BCUT2D eigenvalue weighted by Crippen LogP contribution is -2.55. The van der Waals surface area contributed by atoms with Gasteiger partial charge in [-0.15, -0.1) is 0 Å². The molecule has 1 saturated carbocycles. The van der Waals surface area contributed by atoms with E-state index in [-0.39, 0.29) is 36.1 Å². The summed E-state index contributed by atoms with van der Waals surface area (Å²) in [5.74, 6) is -0.985. The van der Waals surface area contributed by atoms with E-state index in [4.69, 9.17) is 10.5 Å². The molecular weight excluding hydrogens is 422 g/mol. The van der Waals surface area contributed by atoms with Crippen molar-refractivity contribution in [3.05, 3.63) is 35.9 Å². The number of hydrogen-bond donors (Lipinski definition) is 2. The van der Waals surface area contributed by atoms with E-state index in [1.807, 2.05) is 11.0 Å². The van der Waals surface area contributed by atoms with Gasteiger partial charge < -0.3 is 25.6 Å². The lowest BCUT2D eigenvalue weighted by molar-refractivity contribution is -0.125. The van der Waals surface area contributed by atoms with Crippen LogP contribution < -0.4 is 11.1 Å². The molecule has 4 amide bonds. The van der Waals surface area contributed by atoms with Crippen LogP contribution in [0.5, 0.6) is 0 Å². The van der Waals surface area contributed by atoms with E-state index in [9.17, 15) is 14.4 Å². The average Bonchev–Trinajstić information content (AvgIpc) is 3.04. The summed E-state index contributed by atoms with van der Waals surface area (Å²) >= 11 is 0. The van der Waals surface area contributed by atoms with Crippen molar-refractivity contribution in [1.29, 1.82) is 0 Å². The third-order valence-corrected chi connectivity index (χ3v) is 7.26. The molecule has 9 nitrogen and oxygen atoms in total. The van der Waals surface area contributed by atoms with Crippen LogP contribution in [0.3, 0.4) is 0 Å². The van der Waals surface area contributed by atoms with Crippen molar-refractivity contribution in [2.75, 3.05) is 54.0 Å². The topological polar surface area (TPSA) is 108 Å². The van der Waals surface area contributed by atoms with Crippen molar-refractivity contribution in [3.8, 4) is 0 Å². The number of carbonyl (C=O) groups is 3. The molecule has 182 valence electrons. The number of amides is 4. The highest BCUT2D eigenvalue weighted by molar-refractivity contribution is 5.88. The molecule has 1 saturated heterocycles. The second-order valence-corrected chi connectivity index (χ2v) is 9.40. The smallest absolute Gasteiger partial charge is 0.321 e. The van der Waals surface area contributed by atoms with Gasteiger partial charge in [0.1, 0.15) is 6.54 Å². The summed E-state index contributed by atoms with van der Waals surface area (Å²) in [6, 6.07) is 10.4. The number of ether oxygens (including phenoxy) is 1. The number of nitrogens with two attached hydrogens (primary N) is 1. The molecule has 0 unspecified atom stereocenters. The van der Waals surface area contributed by atoms with Crippen molar-refractivity contribution in [2.45, 2.75) is 43.2 Å². The first-order valence-corrected chi connectivity index (χ1v) is 11.6. The van der Waals surface area contributed by atoms with Gasteiger partial charge in [0.25, 0.3) is 0 Å². The first kappa shape index (κ1) is 25.0. The molecule has 3 N–H and O–H groups in total. The number of rotatable bonds is 10. The quantitative estimate of drug-likeness (QED) is 0.510. The van der Waals surface area contributed by atoms with Crippen molar-refractivity contribution in [3.63, 3.8) is 0 Å². The normalized spacial score (nSPS) is 25.2. The number of hydrogen-bond acceptors (Lipinski definition) is 5. The van der Waals surface area contributed by atoms with Crippen molar-refractivity contribution >= 4 is 17.8 Å². The summed E-state index contributed by atoms with van der Waals surface area (Å²) in [5.41, 5.74) is 6.01. The number of nitrogens with one attached hydrogen (secondary N) is 1. The predicted molar refractivity (Wildman–Crippen MR) is 125 cm³/mol. The van der Waals surface area contributed by atoms with Crippen molar-refractivity contribution in [1.82, 2.24) is 20.0 Å². The van der Waals surface area contributed by atoms with Gasteiger partial charge in [0, 0.05) is 32.3 Å². The van der Waals surface area contributed by atoms with E-state index in [1.54, 1.807) is 12.0 Å². The Balaban J connectivity index is 1.79. The van der Waals surface area contributed by atoms with Gasteiger partial charge in [-0.3, -0.25) is 14.5 Å². The van der Waals surface area contributed by atoms with Crippen molar-refractivity contribution in [2.24, 2.45) is 5.73 Å². The molecule has 1 spiro atoms. The molecule has 1 aromatic carbocycles. The highest BCUT2D eigenvalue weighted by atomic mass is 16.5. The molecule has 9 heteroatoms. The fraction of sp³-hybridized carbons (Fsp3) is 0.625. The number of benzene rings is 1. The van der Waals surface area contributed by atoms with E-state index in [0.29, 0.717) is 19.7 Å². The number of nitrogens with zero attached hydrogens (tertiary/aromatic N) is 3. The third kappa shape index (κ3) is 5.30. The highest BCUT2D eigenvalue weighted by Crippen LogP contribution is 2.48. The molecule has 1 aliphatic carbocycles. The SMILES string of the molecule is COCCCN1C(=O)N(CC(=O)NCC(N)=O)CC12CCC(c1ccccc1)(N(C)C)CC2. The number of carbonyl (C=O) groups excluding carboxylic acids is 3. The largest absolute Gasteiger partial charge is 0.385 e. The Morgan fingerprint density at radius 1 is 1.15 bits per heavy atom. The zero-order chi connectivity index (χ0) is 24.1. The first-order chi connectivity index (χ1) is 15.7. The summed E-state index contributed by atoms with van der Waals surface area (Å²) in [4.78, 5) is 42.5. The monoisotopic (exact) mass is 459 g/mol. The van der Waals surface area contributed by atoms with E-state index in [1.165, 1.54) is 5.56 Å². The lowest BCUT2D eigenvalue weighted by atomic mass is 9.68. The second-order valence-electron chi connectivity index (χ2n) is 9.40. The number of methoxy groups -OCH3 is 1. The van der Waals surface area contributed by atoms with E-state index in [2.05, 4.69) is 48.6 Å². The van der Waals surface area contributed by atoms with Crippen molar-refractivity contribution < 1.29 is 19.1 Å². The maximum atomic E-state index is 13.3. The maximum absolute atomic E-state index is 13.3. The first-order valence-electron chi connectivity index (χ1n) is 11.6. The van der Waals surface area contributed by atoms with Crippen LogP contribution in [0.15, 0.2) is 30.3 Å². The summed E-state index contributed by atoms with van der Waals surface area (Å²) in [6.07, 6.45) is 4.26. The van der Waals surface area contributed by atoms with Gasteiger partial charge in [-0.1, -0.05) is 30.3 Å². The van der Waals surface area contributed by atoms with Gasteiger partial charge in [-0.05, 0) is 51.8 Å². The molecule has 2 fully saturated rings. The van der Waals surface area contributed by atoms with Crippen LogP contribution >= 0.6 is 0 Å². The van der Waals surface area contributed by atoms with Crippen LogP contribution in [-0.2, 0) is 19.9 Å². The van der Waals surface area contributed by atoms with E-state index >= 15 is 0 Å². The molecular formula is C24H37N5O4. The molecule has 1 aliphatic heterocycles. The standard InChI is InChI=1S/C24H37N5O4/c1-27(2)24(19-8-5-4-6-9-19)12-10-23(11-13-24)18-28(17-21(31)26-16-20(25)30)22(32)29(23)14-7-15-33-3/h4-6,8-9H,7,10-18H2,1-3H3,(H2,25,30)(H,26,31). The van der Waals surface area contributed by atoms with Crippen LogP contribution in [0.1, 0.15) is 37.7 Å². The van der Waals surface area contributed by atoms with Crippen LogP contribution in [0.2, 0.25) is 0 Å². The fourth-order valence-corrected chi connectivity index (χ4v) is 5.42. The molecule has 33 heavy (non-hydrogen) atoms. The van der Waals surface area contributed by atoms with Gasteiger partial charge in [-0.2, -0.15) is 0 Å². The van der Waals surface area contributed by atoms with Gasteiger partial charge in [0.05, 0.1) is 12.1 Å². The Morgan fingerprint density at radius 3 is 2.39 bits per heavy atom. The van der Waals surface area contributed by atoms with Gasteiger partial charge in [-0.25, -0.2) is 4.79 Å². The average molecular weight is 460 g/mol. The minimum absolute atomic E-state index is 0.0772. The predicted octanol–water partition coefficient (Wildman–Crippen LogP) is 1.13. The maximum Gasteiger partial charge on any atom is 0.321 e. The minimum Gasteiger partial charge on any atom is -0.385 e. The summed E-state index contributed by atoms with van der Waals surface area (Å²) in [5, 5.41) is 2.49. The van der Waals surface area contributed by atoms with E-state index < -0.39 is 5.91 Å². The van der Waals surface area contributed by atoms with E-state index in [0.717, 1.165) is 32.1 Å². The Bertz CT molecular complexity index is 837. The Labute approximate surface area is 196 Å². The van der Waals surface area contributed by atoms with Gasteiger partial charge in [0.2, 0.25) is 11.8 Å². The second kappa shape index (κ2) is 10.5. The third-order valence-electron chi connectivity index (χ3n) is 7.26. The molecule has 2 aliphatic rings. The van der Waals surface area contributed by atoms with Crippen LogP contribution in [0, 0.1) is 0 Å². The number of urea groups is 1. The molecule has 1 heterocycles. The zero-order valence-corrected chi connectivity index (χ0v) is 20.0. The van der Waals surface area contributed by atoms with Crippen LogP contribution in [0.4, 0.5) is 4.79 Å². The summed E-state index contributed by atoms with van der Waals surface area (Å²) in [6.45, 7) is 1.36. The molecule has 0 radical (unpaired) electrons. The molecule has 3 rings (SSSR count). The Kier molecular flexibility index (Phi) is 7.97. The highest BCUT2D eigenvalue weighted by Gasteiger charge is 2.54. The summed E-state index contributed by atoms with van der Waals surface area (Å²) < 4.78 is 5.21. The summed E-state index contributed by atoms with van der Waals surface area (Å²) in [7, 11) is 5.90. The molecule has 0 bridgehead atoms.